The quantitative estimate of drug-likeness (QED) is 0.908. The zero-order valence-electron chi connectivity index (χ0n) is 13.4. The zero-order chi connectivity index (χ0) is 15.4. The van der Waals surface area contributed by atoms with Crippen LogP contribution in [0.5, 0.6) is 0 Å². The van der Waals surface area contributed by atoms with Gasteiger partial charge < -0.3 is 10.6 Å². The topological polar surface area (TPSA) is 42.1 Å². The number of hydrogen-bond acceptors (Lipinski definition) is 3. The van der Waals surface area contributed by atoms with Gasteiger partial charge in [-0.25, -0.2) is 4.98 Å². The molecule has 1 aromatic carbocycles. The van der Waals surface area contributed by atoms with Gasteiger partial charge in [-0.15, -0.1) is 0 Å². The number of nitrogens with two attached hydrogens (primary N) is 1. The largest absolute Gasteiger partial charge is 0.329 e. The van der Waals surface area contributed by atoms with Gasteiger partial charge in [0.1, 0.15) is 5.82 Å². The summed E-state index contributed by atoms with van der Waals surface area (Å²) in [6.07, 6.45) is 3.67. The number of pyridine rings is 1. The van der Waals surface area contributed by atoms with E-state index in [-0.39, 0.29) is 6.04 Å². The molecule has 112 valence electrons. The van der Waals surface area contributed by atoms with Crippen molar-refractivity contribution in [2.45, 2.75) is 39.7 Å². The first-order valence-electron chi connectivity index (χ1n) is 7.52. The summed E-state index contributed by atoms with van der Waals surface area (Å²) >= 11 is 0. The molecule has 0 amide bonds. The van der Waals surface area contributed by atoms with Gasteiger partial charge in [-0.2, -0.15) is 0 Å². The molecule has 0 spiro atoms. The Morgan fingerprint density at radius 2 is 1.86 bits per heavy atom. The predicted molar refractivity (Wildman–Crippen MR) is 90.2 cm³/mol. The molecule has 0 aliphatic heterocycles. The smallest absolute Gasteiger partial charge is 0.135 e. The van der Waals surface area contributed by atoms with E-state index in [0.717, 1.165) is 24.3 Å². The molecule has 1 unspecified atom stereocenters. The fraction of sp³-hybridized carbons (Fsp3) is 0.389. The Morgan fingerprint density at radius 3 is 2.48 bits per heavy atom. The summed E-state index contributed by atoms with van der Waals surface area (Å²) in [6, 6.07) is 10.8. The van der Waals surface area contributed by atoms with Crippen LogP contribution < -0.4 is 10.6 Å². The van der Waals surface area contributed by atoms with E-state index in [1.165, 1.54) is 16.7 Å². The molecule has 2 N–H and O–H groups in total. The number of anilines is 2. The van der Waals surface area contributed by atoms with E-state index in [1.807, 2.05) is 12.3 Å². The Balaban J connectivity index is 2.36. The first-order valence-corrected chi connectivity index (χ1v) is 7.52. The normalized spacial score (nSPS) is 12.2. The van der Waals surface area contributed by atoms with Crippen molar-refractivity contribution in [3.8, 4) is 0 Å². The third-order valence-electron chi connectivity index (χ3n) is 3.79. The van der Waals surface area contributed by atoms with Crippen LogP contribution in [0.1, 0.15) is 30.0 Å². The van der Waals surface area contributed by atoms with Crippen molar-refractivity contribution in [1.82, 2.24) is 4.98 Å². The monoisotopic (exact) mass is 283 g/mol. The summed E-state index contributed by atoms with van der Waals surface area (Å²) in [6.45, 7) is 6.36. The van der Waals surface area contributed by atoms with E-state index in [9.17, 15) is 0 Å². The number of benzene rings is 1. The molecule has 0 aliphatic rings. The third-order valence-corrected chi connectivity index (χ3v) is 3.79. The van der Waals surface area contributed by atoms with E-state index in [1.54, 1.807) is 0 Å². The third kappa shape index (κ3) is 3.82. The standard InChI is InChI=1S/C18H25N3/c1-5-16(19)12-15-7-6-8-20-18(15)21(4)17-10-13(2)9-14(3)11-17/h6-11,16H,5,12,19H2,1-4H3. The predicted octanol–water partition coefficient (Wildman–Crippen LogP) is 3.75. The number of hydrogen-bond donors (Lipinski definition) is 1. The fourth-order valence-corrected chi connectivity index (χ4v) is 2.58. The molecule has 2 rings (SSSR count). The summed E-state index contributed by atoms with van der Waals surface area (Å²) < 4.78 is 0. The molecule has 1 aromatic heterocycles. The summed E-state index contributed by atoms with van der Waals surface area (Å²) in [5.41, 5.74) is 11.0. The second-order valence-corrected chi connectivity index (χ2v) is 5.76. The summed E-state index contributed by atoms with van der Waals surface area (Å²) in [5.74, 6) is 0.992. The van der Waals surface area contributed by atoms with Crippen LogP contribution in [0.4, 0.5) is 11.5 Å². The van der Waals surface area contributed by atoms with Gasteiger partial charge in [-0.1, -0.05) is 19.1 Å². The molecule has 0 aliphatic carbocycles. The summed E-state index contributed by atoms with van der Waals surface area (Å²) in [5, 5.41) is 0. The lowest BCUT2D eigenvalue weighted by Gasteiger charge is -2.23. The minimum Gasteiger partial charge on any atom is -0.329 e. The van der Waals surface area contributed by atoms with E-state index < -0.39 is 0 Å². The molecule has 0 radical (unpaired) electrons. The molecule has 1 heterocycles. The minimum atomic E-state index is 0.181. The molecule has 0 bridgehead atoms. The molecule has 1 atom stereocenters. The average Bonchev–Trinajstić information content (AvgIpc) is 2.46. The number of aryl methyl sites for hydroxylation is 2. The van der Waals surface area contributed by atoms with Crippen LogP contribution in [-0.4, -0.2) is 18.1 Å². The van der Waals surface area contributed by atoms with Crippen molar-refractivity contribution in [3.05, 3.63) is 53.2 Å². The van der Waals surface area contributed by atoms with E-state index >= 15 is 0 Å². The van der Waals surface area contributed by atoms with Crippen molar-refractivity contribution in [2.24, 2.45) is 5.73 Å². The van der Waals surface area contributed by atoms with Gasteiger partial charge in [0.15, 0.2) is 0 Å². The first kappa shape index (κ1) is 15.5. The van der Waals surface area contributed by atoms with Gasteiger partial charge in [0, 0.05) is 25.0 Å². The number of nitrogens with zero attached hydrogens (tertiary/aromatic N) is 2. The van der Waals surface area contributed by atoms with E-state index in [4.69, 9.17) is 5.73 Å². The number of rotatable bonds is 5. The molecule has 0 saturated carbocycles. The Morgan fingerprint density at radius 1 is 1.19 bits per heavy atom. The van der Waals surface area contributed by atoms with E-state index in [2.05, 4.69) is 62.0 Å². The molecule has 2 aromatic rings. The van der Waals surface area contributed by atoms with Crippen LogP contribution in [0, 0.1) is 13.8 Å². The highest BCUT2D eigenvalue weighted by atomic mass is 15.2. The maximum Gasteiger partial charge on any atom is 0.135 e. The van der Waals surface area contributed by atoms with Crippen molar-refractivity contribution >= 4 is 11.5 Å². The van der Waals surface area contributed by atoms with Crippen LogP contribution in [-0.2, 0) is 6.42 Å². The highest BCUT2D eigenvalue weighted by Gasteiger charge is 2.13. The highest BCUT2D eigenvalue weighted by molar-refractivity contribution is 5.63. The Hall–Kier alpha value is -1.87. The highest BCUT2D eigenvalue weighted by Crippen LogP contribution is 2.27. The van der Waals surface area contributed by atoms with E-state index in [0.29, 0.717) is 0 Å². The van der Waals surface area contributed by atoms with Crippen molar-refractivity contribution < 1.29 is 0 Å². The number of aromatic nitrogens is 1. The maximum atomic E-state index is 6.11. The Labute approximate surface area is 127 Å². The summed E-state index contributed by atoms with van der Waals surface area (Å²) in [4.78, 5) is 6.72. The van der Waals surface area contributed by atoms with Gasteiger partial charge in [0.2, 0.25) is 0 Å². The molecule has 21 heavy (non-hydrogen) atoms. The lowest BCUT2D eigenvalue weighted by Crippen LogP contribution is -2.23. The zero-order valence-corrected chi connectivity index (χ0v) is 13.4. The lowest BCUT2D eigenvalue weighted by molar-refractivity contribution is 0.645. The molecule has 0 saturated heterocycles. The van der Waals surface area contributed by atoms with Gasteiger partial charge in [0.05, 0.1) is 0 Å². The van der Waals surface area contributed by atoms with Crippen molar-refractivity contribution in [3.63, 3.8) is 0 Å². The molecular formula is C18H25N3. The SMILES string of the molecule is CCC(N)Cc1cccnc1N(C)c1cc(C)cc(C)c1. The summed E-state index contributed by atoms with van der Waals surface area (Å²) in [7, 11) is 2.07. The molecule has 3 heteroatoms. The molecule has 0 fully saturated rings. The lowest BCUT2D eigenvalue weighted by atomic mass is 10.0. The van der Waals surface area contributed by atoms with Gasteiger partial charge in [-0.3, -0.25) is 0 Å². The maximum absolute atomic E-state index is 6.11. The fourth-order valence-electron chi connectivity index (χ4n) is 2.58. The first-order chi connectivity index (χ1) is 10.0. The van der Waals surface area contributed by atoms with Gasteiger partial charge in [0.25, 0.3) is 0 Å². The van der Waals surface area contributed by atoms with Crippen LogP contribution >= 0.6 is 0 Å². The Kier molecular flexibility index (Phi) is 4.97. The van der Waals surface area contributed by atoms with Crippen LogP contribution in [0.15, 0.2) is 36.5 Å². The minimum absolute atomic E-state index is 0.181. The molecule has 3 nitrogen and oxygen atoms in total. The average molecular weight is 283 g/mol. The van der Waals surface area contributed by atoms with Crippen molar-refractivity contribution in [2.75, 3.05) is 11.9 Å². The van der Waals surface area contributed by atoms with Crippen LogP contribution in [0.2, 0.25) is 0 Å². The Bertz CT molecular complexity index is 587. The second-order valence-electron chi connectivity index (χ2n) is 5.76. The van der Waals surface area contributed by atoms with Gasteiger partial charge in [-0.05, 0) is 61.6 Å². The van der Waals surface area contributed by atoms with Crippen molar-refractivity contribution in [1.29, 1.82) is 0 Å². The second kappa shape index (κ2) is 6.72. The molecular weight excluding hydrogens is 258 g/mol. The van der Waals surface area contributed by atoms with Gasteiger partial charge >= 0.3 is 0 Å². The van der Waals surface area contributed by atoms with Crippen LogP contribution in [0.25, 0.3) is 0 Å². The van der Waals surface area contributed by atoms with Crippen LogP contribution in [0.3, 0.4) is 0 Å².